The van der Waals surface area contributed by atoms with E-state index in [1.807, 2.05) is 0 Å². The predicted molar refractivity (Wildman–Crippen MR) is 86.8 cm³/mol. The summed E-state index contributed by atoms with van der Waals surface area (Å²) in [5.41, 5.74) is 9.32. The molecule has 1 heterocycles. The number of fused-ring (bicyclic) bond motifs is 1. The third kappa shape index (κ3) is 2.58. The standard InChI is InChI=1S/C18H28N2O/c1-13-8-14(2)20(11-13)18(12-19)7-6-15-4-5-17(21-3)9-16(15)10-18/h4-5,9,13-14H,6-8,10-12,19H2,1-3H3. The molecule has 2 N–H and O–H groups in total. The minimum absolute atomic E-state index is 0.142. The number of methoxy groups -OCH3 is 1. The van der Waals surface area contributed by atoms with Crippen LogP contribution < -0.4 is 10.5 Å². The third-order valence-corrected chi connectivity index (χ3v) is 5.57. The second-order valence-electron chi connectivity index (χ2n) is 7.08. The Morgan fingerprint density at radius 3 is 2.76 bits per heavy atom. The first-order valence-corrected chi connectivity index (χ1v) is 8.20. The van der Waals surface area contributed by atoms with E-state index >= 15 is 0 Å². The van der Waals surface area contributed by atoms with Crippen molar-refractivity contribution in [3.05, 3.63) is 29.3 Å². The van der Waals surface area contributed by atoms with E-state index in [-0.39, 0.29) is 5.54 Å². The Morgan fingerprint density at radius 1 is 1.33 bits per heavy atom. The lowest BCUT2D eigenvalue weighted by Crippen LogP contribution is -2.58. The van der Waals surface area contributed by atoms with E-state index in [0.29, 0.717) is 6.04 Å². The van der Waals surface area contributed by atoms with Crippen LogP contribution in [0, 0.1) is 5.92 Å². The molecule has 3 nitrogen and oxygen atoms in total. The van der Waals surface area contributed by atoms with Crippen LogP contribution in [0.4, 0.5) is 0 Å². The van der Waals surface area contributed by atoms with Gasteiger partial charge in [0.1, 0.15) is 5.75 Å². The number of rotatable bonds is 3. The second kappa shape index (κ2) is 5.62. The van der Waals surface area contributed by atoms with Gasteiger partial charge in [-0.25, -0.2) is 0 Å². The molecule has 0 bridgehead atoms. The Morgan fingerprint density at radius 2 is 2.14 bits per heavy atom. The maximum absolute atomic E-state index is 6.28. The van der Waals surface area contributed by atoms with E-state index in [0.717, 1.165) is 31.1 Å². The highest BCUT2D eigenvalue weighted by Crippen LogP contribution is 2.39. The van der Waals surface area contributed by atoms with E-state index in [4.69, 9.17) is 10.5 Å². The van der Waals surface area contributed by atoms with Gasteiger partial charge in [-0.15, -0.1) is 0 Å². The molecule has 1 aliphatic carbocycles. The maximum Gasteiger partial charge on any atom is 0.119 e. The van der Waals surface area contributed by atoms with E-state index in [1.165, 1.54) is 30.5 Å². The zero-order valence-electron chi connectivity index (χ0n) is 13.6. The zero-order valence-corrected chi connectivity index (χ0v) is 13.6. The highest BCUT2D eigenvalue weighted by Gasteiger charge is 2.44. The molecule has 1 saturated heterocycles. The molecule has 3 unspecified atom stereocenters. The van der Waals surface area contributed by atoms with Crippen LogP contribution in [0.25, 0.3) is 0 Å². The highest BCUT2D eigenvalue weighted by molar-refractivity contribution is 5.39. The van der Waals surface area contributed by atoms with Crippen molar-refractivity contribution in [3.8, 4) is 5.75 Å². The normalized spacial score (nSPS) is 33.0. The van der Waals surface area contributed by atoms with Gasteiger partial charge >= 0.3 is 0 Å². The average molecular weight is 288 g/mol. The van der Waals surface area contributed by atoms with Gasteiger partial charge in [0, 0.05) is 24.7 Å². The number of hydrogen-bond acceptors (Lipinski definition) is 3. The summed E-state index contributed by atoms with van der Waals surface area (Å²) < 4.78 is 5.40. The molecule has 0 saturated carbocycles. The van der Waals surface area contributed by atoms with Crippen LogP contribution in [-0.4, -0.2) is 36.7 Å². The number of nitrogens with two attached hydrogens (primary N) is 1. The molecule has 1 aromatic carbocycles. The zero-order chi connectivity index (χ0) is 15.0. The van der Waals surface area contributed by atoms with Gasteiger partial charge in [0.15, 0.2) is 0 Å². The van der Waals surface area contributed by atoms with E-state index in [9.17, 15) is 0 Å². The lowest BCUT2D eigenvalue weighted by molar-refractivity contribution is 0.0707. The molecule has 3 atom stereocenters. The minimum Gasteiger partial charge on any atom is -0.497 e. The summed E-state index contributed by atoms with van der Waals surface area (Å²) in [5.74, 6) is 1.75. The smallest absolute Gasteiger partial charge is 0.119 e. The van der Waals surface area contributed by atoms with Crippen LogP contribution in [0.2, 0.25) is 0 Å². The van der Waals surface area contributed by atoms with Crippen molar-refractivity contribution >= 4 is 0 Å². The predicted octanol–water partition coefficient (Wildman–Crippen LogP) is 2.61. The molecule has 3 heteroatoms. The molecule has 21 heavy (non-hydrogen) atoms. The molecule has 0 aromatic heterocycles. The highest BCUT2D eigenvalue weighted by atomic mass is 16.5. The lowest BCUT2D eigenvalue weighted by Gasteiger charge is -2.47. The summed E-state index contributed by atoms with van der Waals surface area (Å²) in [6.07, 6.45) is 4.67. The summed E-state index contributed by atoms with van der Waals surface area (Å²) in [6.45, 7) is 6.67. The Kier molecular flexibility index (Phi) is 3.98. The number of ether oxygens (including phenoxy) is 1. The Hall–Kier alpha value is -1.06. The van der Waals surface area contributed by atoms with Crippen LogP contribution >= 0.6 is 0 Å². The van der Waals surface area contributed by atoms with Crippen molar-refractivity contribution in [1.29, 1.82) is 0 Å². The number of likely N-dealkylation sites (tertiary alicyclic amines) is 1. The Bertz CT molecular complexity index is 516. The van der Waals surface area contributed by atoms with Crippen LogP contribution in [0.5, 0.6) is 5.75 Å². The number of hydrogen-bond donors (Lipinski definition) is 1. The van der Waals surface area contributed by atoms with Gasteiger partial charge in [0.05, 0.1) is 7.11 Å². The van der Waals surface area contributed by atoms with Gasteiger partial charge in [-0.05, 0) is 61.8 Å². The SMILES string of the molecule is COc1ccc2c(c1)CC(CN)(N1CC(C)CC1C)CC2. The van der Waals surface area contributed by atoms with Crippen LogP contribution in [0.15, 0.2) is 18.2 Å². The molecule has 116 valence electrons. The van der Waals surface area contributed by atoms with Crippen molar-refractivity contribution in [2.75, 3.05) is 20.2 Å². The molecule has 1 aliphatic heterocycles. The molecule has 0 spiro atoms. The quantitative estimate of drug-likeness (QED) is 0.929. The average Bonchev–Trinajstić information content (AvgIpc) is 2.85. The lowest BCUT2D eigenvalue weighted by atomic mass is 9.76. The molecule has 1 fully saturated rings. The third-order valence-electron chi connectivity index (χ3n) is 5.57. The number of nitrogens with zero attached hydrogens (tertiary/aromatic N) is 1. The molecule has 0 amide bonds. The van der Waals surface area contributed by atoms with Gasteiger partial charge in [-0.1, -0.05) is 13.0 Å². The molecule has 0 radical (unpaired) electrons. The molecule has 2 aliphatic rings. The molecule has 3 rings (SSSR count). The Labute approximate surface area is 128 Å². The first kappa shape index (κ1) is 14.9. The van der Waals surface area contributed by atoms with Crippen molar-refractivity contribution in [1.82, 2.24) is 4.90 Å². The molecular formula is C18H28N2O. The minimum atomic E-state index is 0.142. The van der Waals surface area contributed by atoms with Gasteiger partial charge in [0.2, 0.25) is 0 Å². The first-order chi connectivity index (χ1) is 10.1. The van der Waals surface area contributed by atoms with Crippen LogP contribution in [0.1, 0.15) is 37.8 Å². The fourth-order valence-electron chi connectivity index (χ4n) is 4.45. The fraction of sp³-hybridized carbons (Fsp3) is 0.667. The fourth-order valence-corrected chi connectivity index (χ4v) is 4.45. The summed E-state index contributed by atoms with van der Waals surface area (Å²) in [7, 11) is 1.74. The van der Waals surface area contributed by atoms with Crippen LogP contribution in [0.3, 0.4) is 0 Å². The van der Waals surface area contributed by atoms with Gasteiger partial charge in [-0.3, -0.25) is 4.90 Å². The summed E-state index contributed by atoms with van der Waals surface area (Å²) in [6, 6.07) is 7.17. The second-order valence-corrected chi connectivity index (χ2v) is 7.08. The monoisotopic (exact) mass is 288 g/mol. The first-order valence-electron chi connectivity index (χ1n) is 8.20. The number of aryl methyl sites for hydroxylation is 1. The van der Waals surface area contributed by atoms with Gasteiger partial charge < -0.3 is 10.5 Å². The van der Waals surface area contributed by atoms with Gasteiger partial charge in [-0.2, -0.15) is 0 Å². The van der Waals surface area contributed by atoms with E-state index in [2.05, 4.69) is 36.9 Å². The van der Waals surface area contributed by atoms with Crippen molar-refractivity contribution in [3.63, 3.8) is 0 Å². The number of benzene rings is 1. The van der Waals surface area contributed by atoms with Gasteiger partial charge in [0.25, 0.3) is 0 Å². The topological polar surface area (TPSA) is 38.5 Å². The van der Waals surface area contributed by atoms with Crippen LogP contribution in [-0.2, 0) is 12.8 Å². The van der Waals surface area contributed by atoms with Crippen molar-refractivity contribution in [2.45, 2.75) is 51.1 Å². The van der Waals surface area contributed by atoms with E-state index < -0.39 is 0 Å². The van der Waals surface area contributed by atoms with E-state index in [1.54, 1.807) is 7.11 Å². The molecular weight excluding hydrogens is 260 g/mol. The summed E-state index contributed by atoms with van der Waals surface area (Å²) >= 11 is 0. The summed E-state index contributed by atoms with van der Waals surface area (Å²) in [4.78, 5) is 2.69. The summed E-state index contributed by atoms with van der Waals surface area (Å²) in [5, 5.41) is 0. The largest absolute Gasteiger partial charge is 0.497 e. The molecule has 1 aromatic rings. The van der Waals surface area contributed by atoms with Crippen molar-refractivity contribution < 1.29 is 4.74 Å². The Balaban J connectivity index is 1.91. The van der Waals surface area contributed by atoms with Crippen molar-refractivity contribution in [2.24, 2.45) is 11.7 Å². The maximum atomic E-state index is 6.28.